The number of anilines is 1. The lowest BCUT2D eigenvalue weighted by atomic mass is 10.2. The van der Waals surface area contributed by atoms with Crippen LogP contribution in [0.1, 0.15) is 21.7 Å². The van der Waals surface area contributed by atoms with Crippen molar-refractivity contribution in [3.8, 4) is 0 Å². The molecule has 2 heterocycles. The fraction of sp³-hybridized carbons (Fsp3) is 0.182. The van der Waals surface area contributed by atoms with Gasteiger partial charge in [0.2, 0.25) is 0 Å². The molecule has 0 bridgehead atoms. The predicted molar refractivity (Wildman–Crippen MR) is 121 cm³/mol. The molecule has 10 heteroatoms. The molecule has 0 fully saturated rings. The number of carbonyl (C=O) groups is 2. The van der Waals surface area contributed by atoms with Crippen molar-refractivity contribution >= 4 is 39.3 Å². The highest BCUT2D eigenvalue weighted by atomic mass is 32.1. The Balaban J connectivity index is 1.35. The van der Waals surface area contributed by atoms with Crippen LogP contribution in [0.4, 0.5) is 14.3 Å². The summed E-state index contributed by atoms with van der Waals surface area (Å²) in [6, 6.07) is 13.1. The molecule has 8 nitrogen and oxygen atoms in total. The third-order valence-corrected chi connectivity index (χ3v) is 5.63. The second-order valence-electron chi connectivity index (χ2n) is 7.23. The van der Waals surface area contributed by atoms with Crippen LogP contribution in [0.2, 0.25) is 0 Å². The van der Waals surface area contributed by atoms with E-state index in [9.17, 15) is 14.0 Å². The van der Waals surface area contributed by atoms with E-state index in [2.05, 4.69) is 20.7 Å². The van der Waals surface area contributed by atoms with Crippen molar-refractivity contribution in [2.45, 2.75) is 13.1 Å². The van der Waals surface area contributed by atoms with Gasteiger partial charge in [-0.3, -0.25) is 14.8 Å². The maximum Gasteiger partial charge on any atom is 0.321 e. The topological polar surface area (TPSA) is 92.2 Å². The summed E-state index contributed by atoms with van der Waals surface area (Å²) in [6.07, 6.45) is 0. The summed E-state index contributed by atoms with van der Waals surface area (Å²) < 4.78 is 14.9. The highest BCUT2D eigenvalue weighted by Gasteiger charge is 2.20. The molecule has 4 aromatic rings. The van der Waals surface area contributed by atoms with Gasteiger partial charge in [0.05, 0.1) is 17.8 Å². The second-order valence-corrected chi connectivity index (χ2v) is 8.09. The van der Waals surface area contributed by atoms with Gasteiger partial charge in [-0.15, -0.1) is 11.3 Å². The van der Waals surface area contributed by atoms with E-state index in [4.69, 9.17) is 0 Å². The van der Waals surface area contributed by atoms with Crippen molar-refractivity contribution in [3.05, 3.63) is 76.7 Å². The Kier molecular flexibility index (Phi) is 6.13. The first-order chi connectivity index (χ1) is 15.4. The number of nitrogens with zero attached hydrogens (tertiary/aromatic N) is 4. The fourth-order valence-corrected chi connectivity index (χ4v) is 3.97. The maximum absolute atomic E-state index is 13.2. The van der Waals surface area contributed by atoms with Crippen LogP contribution in [0, 0.1) is 5.82 Å². The van der Waals surface area contributed by atoms with E-state index in [0.29, 0.717) is 22.1 Å². The molecule has 4 rings (SSSR count). The van der Waals surface area contributed by atoms with Gasteiger partial charge in [0, 0.05) is 31.4 Å². The molecule has 0 saturated carbocycles. The molecule has 0 spiro atoms. The number of hydrogen-bond acceptors (Lipinski definition) is 5. The van der Waals surface area contributed by atoms with E-state index in [1.165, 1.54) is 28.4 Å². The molecule has 2 aromatic carbocycles. The van der Waals surface area contributed by atoms with Crippen LogP contribution in [0.3, 0.4) is 0 Å². The number of fused-ring (bicyclic) bond motifs is 1. The van der Waals surface area contributed by atoms with Gasteiger partial charge in [-0.1, -0.05) is 30.3 Å². The number of carbonyl (C=O) groups excluding carboxylic acids is 2. The molecule has 0 radical (unpaired) electrons. The molecule has 0 aliphatic heterocycles. The molecular weight excluding hydrogens is 431 g/mol. The summed E-state index contributed by atoms with van der Waals surface area (Å²) in [5.41, 5.74) is 2.57. The zero-order valence-corrected chi connectivity index (χ0v) is 18.3. The molecule has 0 aliphatic carbocycles. The largest absolute Gasteiger partial charge is 0.334 e. The number of urea groups is 1. The Labute approximate surface area is 187 Å². The Morgan fingerprint density at radius 3 is 2.81 bits per heavy atom. The van der Waals surface area contributed by atoms with Gasteiger partial charge in [0.1, 0.15) is 5.82 Å². The summed E-state index contributed by atoms with van der Waals surface area (Å²) in [4.78, 5) is 30.9. The molecule has 2 aromatic heterocycles. The lowest BCUT2D eigenvalue weighted by molar-refractivity contribution is 0.0779. The summed E-state index contributed by atoms with van der Waals surface area (Å²) in [5, 5.41) is 12.7. The molecule has 0 saturated heterocycles. The lowest BCUT2D eigenvalue weighted by Crippen LogP contribution is -2.28. The van der Waals surface area contributed by atoms with Gasteiger partial charge < -0.3 is 10.2 Å². The summed E-state index contributed by atoms with van der Waals surface area (Å²) in [7, 11) is 3.49. The monoisotopic (exact) mass is 452 g/mol. The van der Waals surface area contributed by atoms with Crippen molar-refractivity contribution in [2.24, 2.45) is 7.05 Å². The standard InChI is InChI=1S/C22H21FN6O2S/c1-28(20(30)19-17-8-3-4-9-18(17)29(2)27-19)12-16-13-32-22(25-16)26-21(31)24-11-14-6-5-7-15(23)10-14/h3-10,13H,11-12H2,1-2H3,(H2,24,25,26,31). The van der Waals surface area contributed by atoms with Crippen LogP contribution in [0.25, 0.3) is 10.9 Å². The summed E-state index contributed by atoms with van der Waals surface area (Å²) in [5.74, 6) is -0.566. The van der Waals surface area contributed by atoms with Gasteiger partial charge in [-0.05, 0) is 23.8 Å². The Morgan fingerprint density at radius 1 is 1.19 bits per heavy atom. The molecule has 3 amide bonds. The van der Waals surface area contributed by atoms with E-state index < -0.39 is 6.03 Å². The summed E-state index contributed by atoms with van der Waals surface area (Å²) in [6.45, 7) is 0.462. The van der Waals surface area contributed by atoms with Crippen LogP contribution < -0.4 is 10.6 Å². The zero-order chi connectivity index (χ0) is 22.7. The first-order valence-electron chi connectivity index (χ1n) is 9.81. The average molecular weight is 453 g/mol. The predicted octanol–water partition coefficient (Wildman–Crippen LogP) is 3.76. The Bertz CT molecular complexity index is 1280. The van der Waals surface area contributed by atoms with Crippen LogP contribution in [0.5, 0.6) is 0 Å². The minimum atomic E-state index is -0.445. The first-order valence-corrected chi connectivity index (χ1v) is 10.7. The number of nitrogens with one attached hydrogen (secondary N) is 2. The van der Waals surface area contributed by atoms with Crippen molar-refractivity contribution in [1.29, 1.82) is 0 Å². The van der Waals surface area contributed by atoms with Crippen LogP contribution in [-0.2, 0) is 20.1 Å². The fourth-order valence-electron chi connectivity index (χ4n) is 3.27. The van der Waals surface area contributed by atoms with E-state index in [-0.39, 0.29) is 24.8 Å². The lowest BCUT2D eigenvalue weighted by Gasteiger charge is -2.14. The summed E-state index contributed by atoms with van der Waals surface area (Å²) >= 11 is 1.26. The minimum absolute atomic E-state index is 0.192. The second kappa shape index (κ2) is 9.15. The highest BCUT2D eigenvalue weighted by Crippen LogP contribution is 2.21. The van der Waals surface area contributed by atoms with Gasteiger partial charge in [0.25, 0.3) is 5.91 Å². The smallest absolute Gasteiger partial charge is 0.321 e. The molecule has 0 aliphatic rings. The van der Waals surface area contributed by atoms with Crippen LogP contribution in [-0.4, -0.2) is 38.7 Å². The molecule has 32 heavy (non-hydrogen) atoms. The number of aryl methyl sites for hydroxylation is 1. The normalized spacial score (nSPS) is 10.8. The highest BCUT2D eigenvalue weighted by molar-refractivity contribution is 7.13. The molecule has 164 valence electrons. The van der Waals surface area contributed by atoms with Crippen LogP contribution >= 0.6 is 11.3 Å². The third kappa shape index (κ3) is 4.75. The molecule has 0 unspecified atom stereocenters. The van der Waals surface area contributed by atoms with Gasteiger partial charge in [0.15, 0.2) is 10.8 Å². The van der Waals surface area contributed by atoms with E-state index in [1.807, 2.05) is 24.3 Å². The van der Waals surface area contributed by atoms with Gasteiger partial charge >= 0.3 is 6.03 Å². The van der Waals surface area contributed by atoms with Crippen molar-refractivity contribution in [2.75, 3.05) is 12.4 Å². The number of hydrogen-bond donors (Lipinski definition) is 2. The number of aromatic nitrogens is 3. The molecule has 2 N–H and O–H groups in total. The third-order valence-electron chi connectivity index (χ3n) is 4.82. The number of benzene rings is 2. The molecular formula is C22H21FN6O2S. The number of para-hydroxylation sites is 1. The van der Waals surface area contributed by atoms with Crippen molar-refractivity contribution in [3.63, 3.8) is 0 Å². The average Bonchev–Trinajstić information content (AvgIpc) is 3.36. The van der Waals surface area contributed by atoms with Gasteiger partial charge in [-0.25, -0.2) is 14.2 Å². The molecule has 0 atom stereocenters. The number of rotatable bonds is 6. The van der Waals surface area contributed by atoms with Crippen LogP contribution in [0.15, 0.2) is 53.9 Å². The van der Waals surface area contributed by atoms with E-state index >= 15 is 0 Å². The Hall–Kier alpha value is -3.79. The quantitative estimate of drug-likeness (QED) is 0.466. The first kappa shape index (κ1) is 21.4. The van der Waals surface area contributed by atoms with E-state index in [0.717, 1.165) is 10.9 Å². The number of thiazole rings is 1. The van der Waals surface area contributed by atoms with Crippen molar-refractivity contribution in [1.82, 2.24) is 25.0 Å². The number of amides is 3. The van der Waals surface area contributed by atoms with Gasteiger partial charge in [-0.2, -0.15) is 5.10 Å². The minimum Gasteiger partial charge on any atom is -0.334 e. The zero-order valence-electron chi connectivity index (χ0n) is 17.5. The van der Waals surface area contributed by atoms with Crippen molar-refractivity contribution < 1.29 is 14.0 Å². The Morgan fingerprint density at radius 2 is 2.00 bits per heavy atom. The number of halogens is 1. The van der Waals surface area contributed by atoms with E-state index in [1.54, 1.807) is 36.3 Å². The maximum atomic E-state index is 13.2. The SMILES string of the molecule is CN(Cc1csc(NC(=O)NCc2cccc(F)c2)n1)C(=O)c1nn(C)c2ccccc12.